The van der Waals surface area contributed by atoms with Gasteiger partial charge in [0.15, 0.2) is 0 Å². The number of rotatable bonds is 5. The summed E-state index contributed by atoms with van der Waals surface area (Å²) in [6, 6.07) is 22.1. The van der Waals surface area contributed by atoms with Gasteiger partial charge in [0.05, 0.1) is 19.8 Å². The van der Waals surface area contributed by atoms with E-state index in [4.69, 9.17) is 4.74 Å². The molecular weight excluding hydrogens is 342 g/mol. The Balaban J connectivity index is 1.57. The summed E-state index contributed by atoms with van der Waals surface area (Å²) in [5.74, 6) is -0.330. The van der Waals surface area contributed by atoms with E-state index in [-0.39, 0.29) is 17.2 Å². The Kier molecular flexibility index (Phi) is 4.56. The zero-order chi connectivity index (χ0) is 18.7. The molecule has 3 aromatic rings. The third kappa shape index (κ3) is 3.52. The number of carbonyl (C=O) groups is 1. The highest BCUT2D eigenvalue weighted by molar-refractivity contribution is 5.92. The second-order valence-electron chi connectivity index (χ2n) is 6.60. The molecule has 1 amide bonds. The molecule has 6 heteroatoms. The number of carbonyl (C=O) groups excluding carboxylic acids is 1. The lowest BCUT2D eigenvalue weighted by Crippen LogP contribution is -2.59. The molecule has 4 rings (SSSR count). The van der Waals surface area contributed by atoms with Gasteiger partial charge in [-0.1, -0.05) is 60.7 Å². The van der Waals surface area contributed by atoms with Gasteiger partial charge in [0, 0.05) is 6.07 Å². The lowest BCUT2D eigenvalue weighted by Gasteiger charge is -2.42. The fourth-order valence-electron chi connectivity index (χ4n) is 3.10. The summed E-state index contributed by atoms with van der Waals surface area (Å²) in [4.78, 5) is 24.9. The monoisotopic (exact) mass is 361 g/mol. The predicted molar refractivity (Wildman–Crippen MR) is 100 cm³/mol. The standard InChI is InChI=1S/C21H19N3O3/c25-19-12-11-18(23-24(19)13-16-7-3-1-4-8-16)20(26)22-21(14-27-15-21)17-9-5-2-6-10-17/h1-12H,13-15H2,(H,22,26). The molecule has 1 aliphatic rings. The summed E-state index contributed by atoms with van der Waals surface area (Å²) >= 11 is 0. The third-order valence-electron chi connectivity index (χ3n) is 4.65. The Bertz CT molecular complexity index is 996. The van der Waals surface area contributed by atoms with Crippen LogP contribution in [-0.4, -0.2) is 28.9 Å². The fourth-order valence-corrected chi connectivity index (χ4v) is 3.10. The number of hydrogen-bond donors (Lipinski definition) is 1. The zero-order valence-electron chi connectivity index (χ0n) is 14.7. The van der Waals surface area contributed by atoms with E-state index < -0.39 is 5.54 Å². The van der Waals surface area contributed by atoms with Crippen LogP contribution in [-0.2, 0) is 16.8 Å². The molecule has 136 valence electrons. The molecule has 1 fully saturated rings. The maximum atomic E-state index is 12.8. The number of hydrogen-bond acceptors (Lipinski definition) is 4. The molecule has 0 atom stereocenters. The van der Waals surface area contributed by atoms with Crippen molar-refractivity contribution in [3.8, 4) is 0 Å². The van der Waals surface area contributed by atoms with Crippen molar-refractivity contribution in [2.24, 2.45) is 0 Å². The molecule has 0 aliphatic carbocycles. The molecule has 27 heavy (non-hydrogen) atoms. The number of benzene rings is 2. The number of aromatic nitrogens is 2. The van der Waals surface area contributed by atoms with Crippen LogP contribution in [0.3, 0.4) is 0 Å². The lowest BCUT2D eigenvalue weighted by atomic mass is 9.88. The van der Waals surface area contributed by atoms with Crippen molar-refractivity contribution < 1.29 is 9.53 Å². The Morgan fingerprint density at radius 1 is 1.00 bits per heavy atom. The van der Waals surface area contributed by atoms with E-state index in [2.05, 4.69) is 10.4 Å². The fraction of sp³-hybridized carbons (Fsp3) is 0.190. The van der Waals surface area contributed by atoms with Gasteiger partial charge in [-0.05, 0) is 17.2 Å². The quantitative estimate of drug-likeness (QED) is 0.754. The average molecular weight is 361 g/mol. The number of nitrogens with zero attached hydrogens (tertiary/aromatic N) is 2. The summed E-state index contributed by atoms with van der Waals surface area (Å²) in [6.07, 6.45) is 0. The summed E-state index contributed by atoms with van der Waals surface area (Å²) < 4.78 is 6.66. The number of amides is 1. The van der Waals surface area contributed by atoms with Crippen LogP contribution in [0.2, 0.25) is 0 Å². The molecule has 1 N–H and O–H groups in total. The lowest BCUT2D eigenvalue weighted by molar-refractivity contribution is -0.0734. The van der Waals surface area contributed by atoms with Crippen LogP contribution >= 0.6 is 0 Å². The Labute approximate surface area is 156 Å². The Hall–Kier alpha value is -3.25. The molecule has 2 aromatic carbocycles. The van der Waals surface area contributed by atoms with Gasteiger partial charge in [-0.25, -0.2) is 4.68 Å². The molecule has 0 unspecified atom stereocenters. The van der Waals surface area contributed by atoms with Crippen molar-refractivity contribution in [2.75, 3.05) is 13.2 Å². The van der Waals surface area contributed by atoms with Crippen molar-refractivity contribution in [3.63, 3.8) is 0 Å². The zero-order valence-corrected chi connectivity index (χ0v) is 14.7. The first-order chi connectivity index (χ1) is 13.2. The van der Waals surface area contributed by atoms with Gasteiger partial charge in [-0.3, -0.25) is 9.59 Å². The molecule has 6 nitrogen and oxygen atoms in total. The summed E-state index contributed by atoms with van der Waals surface area (Å²) in [7, 11) is 0. The number of ether oxygens (including phenoxy) is 1. The van der Waals surface area contributed by atoms with Crippen molar-refractivity contribution in [1.29, 1.82) is 0 Å². The minimum Gasteiger partial charge on any atom is -0.376 e. The van der Waals surface area contributed by atoms with Crippen molar-refractivity contribution in [1.82, 2.24) is 15.1 Å². The molecule has 1 saturated heterocycles. The molecule has 1 aliphatic heterocycles. The van der Waals surface area contributed by atoms with E-state index in [1.807, 2.05) is 60.7 Å². The van der Waals surface area contributed by atoms with E-state index in [0.29, 0.717) is 19.8 Å². The van der Waals surface area contributed by atoms with Gasteiger partial charge in [-0.15, -0.1) is 0 Å². The van der Waals surface area contributed by atoms with Crippen LogP contribution in [0, 0.1) is 0 Å². The molecular formula is C21H19N3O3. The topological polar surface area (TPSA) is 73.2 Å². The largest absolute Gasteiger partial charge is 0.376 e. The molecule has 0 saturated carbocycles. The van der Waals surface area contributed by atoms with Crippen molar-refractivity contribution >= 4 is 5.91 Å². The highest BCUT2D eigenvalue weighted by Gasteiger charge is 2.42. The highest BCUT2D eigenvalue weighted by atomic mass is 16.5. The first-order valence-electron chi connectivity index (χ1n) is 8.74. The van der Waals surface area contributed by atoms with Crippen LogP contribution in [0.5, 0.6) is 0 Å². The van der Waals surface area contributed by atoms with E-state index in [0.717, 1.165) is 11.1 Å². The molecule has 0 bridgehead atoms. The molecule has 1 aromatic heterocycles. The predicted octanol–water partition coefficient (Wildman–Crippen LogP) is 1.95. The van der Waals surface area contributed by atoms with Crippen LogP contribution in [0.1, 0.15) is 21.6 Å². The first-order valence-corrected chi connectivity index (χ1v) is 8.74. The van der Waals surface area contributed by atoms with Crippen molar-refractivity contribution in [3.05, 3.63) is 100.0 Å². The van der Waals surface area contributed by atoms with Crippen LogP contribution < -0.4 is 10.9 Å². The Morgan fingerprint density at radius 2 is 1.67 bits per heavy atom. The Morgan fingerprint density at radius 3 is 2.30 bits per heavy atom. The third-order valence-corrected chi connectivity index (χ3v) is 4.65. The smallest absolute Gasteiger partial charge is 0.272 e. The van der Waals surface area contributed by atoms with E-state index in [9.17, 15) is 9.59 Å². The summed E-state index contributed by atoms with van der Waals surface area (Å²) in [5, 5.41) is 7.29. The molecule has 0 spiro atoms. The minimum absolute atomic E-state index is 0.202. The maximum absolute atomic E-state index is 12.8. The van der Waals surface area contributed by atoms with Crippen LogP contribution in [0.15, 0.2) is 77.6 Å². The molecule has 0 radical (unpaired) electrons. The SMILES string of the molecule is O=C(NC1(c2ccccc2)COC1)c1ccc(=O)n(Cc2ccccc2)n1. The second-order valence-corrected chi connectivity index (χ2v) is 6.60. The highest BCUT2D eigenvalue weighted by Crippen LogP contribution is 2.29. The normalized spacial score (nSPS) is 15.0. The van der Waals surface area contributed by atoms with Gasteiger partial charge in [-0.2, -0.15) is 5.10 Å². The van der Waals surface area contributed by atoms with Crippen LogP contribution in [0.4, 0.5) is 0 Å². The molecule has 2 heterocycles. The average Bonchev–Trinajstić information content (AvgIpc) is 2.68. The van der Waals surface area contributed by atoms with Gasteiger partial charge < -0.3 is 10.1 Å². The van der Waals surface area contributed by atoms with E-state index >= 15 is 0 Å². The summed E-state index contributed by atoms with van der Waals surface area (Å²) in [5.41, 5.74) is 1.33. The number of nitrogens with one attached hydrogen (secondary N) is 1. The first kappa shape index (κ1) is 17.2. The van der Waals surface area contributed by atoms with Gasteiger partial charge in [0.25, 0.3) is 11.5 Å². The van der Waals surface area contributed by atoms with Crippen molar-refractivity contribution in [2.45, 2.75) is 12.1 Å². The maximum Gasteiger partial charge on any atom is 0.272 e. The van der Waals surface area contributed by atoms with E-state index in [1.165, 1.54) is 16.8 Å². The van der Waals surface area contributed by atoms with Gasteiger partial charge >= 0.3 is 0 Å². The second kappa shape index (κ2) is 7.17. The van der Waals surface area contributed by atoms with E-state index in [1.54, 1.807) is 0 Å². The summed E-state index contributed by atoms with van der Waals surface area (Å²) in [6.45, 7) is 1.13. The minimum atomic E-state index is -0.555. The van der Waals surface area contributed by atoms with Gasteiger partial charge in [0.1, 0.15) is 11.2 Å². The van der Waals surface area contributed by atoms with Crippen LogP contribution in [0.25, 0.3) is 0 Å². The van der Waals surface area contributed by atoms with Gasteiger partial charge in [0.2, 0.25) is 0 Å².